The average molecular weight is 244 g/mol. The van der Waals surface area contributed by atoms with Gasteiger partial charge in [0.15, 0.2) is 5.84 Å². The van der Waals surface area contributed by atoms with Gasteiger partial charge < -0.3 is 10.6 Å². The number of nitrogens with two attached hydrogens (primary N) is 1. The van der Waals surface area contributed by atoms with Crippen LogP contribution in [-0.2, 0) is 0 Å². The maximum absolute atomic E-state index is 5.37. The Balaban J connectivity index is 2.03. The maximum Gasteiger partial charge on any atom is 0.163 e. The molecule has 1 aromatic carbocycles. The van der Waals surface area contributed by atoms with Crippen LogP contribution < -0.4 is 10.6 Å². The standard InChI is InChI=1S/C12H12N4S/c13-15-12(10-5-2-1-3-6-10)16-17-11-7-4-8-14-9-11/h1-9H,13H2,(H,15,16). The third-order valence-corrected chi connectivity index (χ3v) is 2.85. The van der Waals surface area contributed by atoms with Gasteiger partial charge in [-0.05, 0) is 24.1 Å². The van der Waals surface area contributed by atoms with E-state index in [1.54, 1.807) is 12.4 Å². The van der Waals surface area contributed by atoms with E-state index in [0.29, 0.717) is 5.84 Å². The van der Waals surface area contributed by atoms with E-state index in [1.165, 1.54) is 11.9 Å². The molecule has 0 aliphatic carbocycles. The van der Waals surface area contributed by atoms with E-state index < -0.39 is 0 Å². The van der Waals surface area contributed by atoms with Gasteiger partial charge in [0, 0.05) is 22.9 Å². The van der Waals surface area contributed by atoms with Gasteiger partial charge in [-0.1, -0.05) is 30.3 Å². The van der Waals surface area contributed by atoms with E-state index in [0.717, 1.165) is 10.5 Å². The van der Waals surface area contributed by atoms with E-state index in [-0.39, 0.29) is 0 Å². The van der Waals surface area contributed by atoms with Crippen LogP contribution in [0.3, 0.4) is 0 Å². The van der Waals surface area contributed by atoms with Crippen molar-refractivity contribution < 1.29 is 0 Å². The van der Waals surface area contributed by atoms with Gasteiger partial charge in [-0.15, -0.1) is 0 Å². The predicted octanol–water partition coefficient (Wildman–Crippen LogP) is 2.00. The molecule has 3 N–H and O–H groups in total. The van der Waals surface area contributed by atoms with E-state index in [4.69, 9.17) is 5.84 Å². The number of pyridine rings is 1. The smallest absolute Gasteiger partial charge is 0.163 e. The van der Waals surface area contributed by atoms with Gasteiger partial charge >= 0.3 is 0 Å². The highest BCUT2D eigenvalue weighted by Crippen LogP contribution is 2.13. The lowest BCUT2D eigenvalue weighted by Crippen LogP contribution is -2.19. The minimum absolute atomic E-state index is 0.638. The number of hydrazone groups is 1. The number of benzene rings is 1. The van der Waals surface area contributed by atoms with Crippen LogP contribution >= 0.6 is 11.9 Å². The van der Waals surface area contributed by atoms with Gasteiger partial charge in [-0.25, -0.2) is 0 Å². The first-order valence-electron chi connectivity index (χ1n) is 5.06. The Morgan fingerprint density at radius 1 is 1.18 bits per heavy atom. The Hall–Kier alpha value is -2.01. The summed E-state index contributed by atoms with van der Waals surface area (Å²) in [5.41, 5.74) is 0.950. The summed E-state index contributed by atoms with van der Waals surface area (Å²) in [6.07, 6.45) is 3.51. The molecule has 0 atom stereocenters. The van der Waals surface area contributed by atoms with Crippen molar-refractivity contribution in [2.24, 2.45) is 10.9 Å². The topological polar surface area (TPSA) is 63.3 Å². The fourth-order valence-corrected chi connectivity index (χ4v) is 1.92. The molecule has 0 saturated heterocycles. The highest BCUT2D eigenvalue weighted by atomic mass is 32.2. The summed E-state index contributed by atoms with van der Waals surface area (Å²) in [7, 11) is 0. The zero-order valence-electron chi connectivity index (χ0n) is 9.08. The molecule has 1 aromatic heterocycles. The maximum atomic E-state index is 5.37. The van der Waals surface area contributed by atoms with Gasteiger partial charge in [0.25, 0.3) is 0 Å². The molecule has 1 heterocycles. The summed E-state index contributed by atoms with van der Waals surface area (Å²) >= 11 is 1.42. The SMILES string of the molecule is NN=C(NSc1cccnc1)c1ccccc1. The Labute approximate surface area is 104 Å². The first-order valence-corrected chi connectivity index (χ1v) is 5.88. The number of rotatable bonds is 3. The zero-order chi connectivity index (χ0) is 11.9. The largest absolute Gasteiger partial charge is 0.321 e. The first-order chi connectivity index (χ1) is 8.40. The highest BCUT2D eigenvalue weighted by molar-refractivity contribution is 7.98. The third kappa shape index (κ3) is 3.22. The van der Waals surface area contributed by atoms with Crippen LogP contribution in [0, 0.1) is 0 Å². The number of hydrogen-bond donors (Lipinski definition) is 2. The Morgan fingerprint density at radius 2 is 2.00 bits per heavy atom. The van der Waals surface area contributed by atoms with Gasteiger partial charge in [0.2, 0.25) is 0 Å². The first kappa shape index (κ1) is 11.5. The minimum atomic E-state index is 0.638. The molecule has 2 rings (SSSR count). The van der Waals surface area contributed by atoms with E-state index in [2.05, 4.69) is 14.8 Å². The lowest BCUT2D eigenvalue weighted by atomic mass is 10.2. The molecule has 0 spiro atoms. The molecule has 2 aromatic rings. The van der Waals surface area contributed by atoms with Crippen LogP contribution in [0.15, 0.2) is 64.9 Å². The van der Waals surface area contributed by atoms with Crippen molar-refractivity contribution in [1.82, 2.24) is 9.71 Å². The molecule has 86 valence electrons. The van der Waals surface area contributed by atoms with Crippen LogP contribution in [0.1, 0.15) is 5.56 Å². The quantitative estimate of drug-likeness (QED) is 0.285. The van der Waals surface area contributed by atoms with Crippen LogP contribution in [0.4, 0.5) is 0 Å². The monoisotopic (exact) mass is 244 g/mol. The van der Waals surface area contributed by atoms with Crippen LogP contribution in [0.25, 0.3) is 0 Å². The molecular weight excluding hydrogens is 232 g/mol. The average Bonchev–Trinajstić information content (AvgIpc) is 2.42. The number of nitrogens with one attached hydrogen (secondary N) is 1. The molecule has 0 bridgehead atoms. The third-order valence-electron chi connectivity index (χ3n) is 2.08. The number of amidine groups is 1. The molecule has 0 aliphatic heterocycles. The molecule has 0 amide bonds. The summed E-state index contributed by atoms with van der Waals surface area (Å²) in [5, 5.41) is 3.74. The Kier molecular flexibility index (Phi) is 3.99. The zero-order valence-corrected chi connectivity index (χ0v) is 9.89. The second kappa shape index (κ2) is 5.91. The van der Waals surface area contributed by atoms with Crippen molar-refractivity contribution in [1.29, 1.82) is 0 Å². The van der Waals surface area contributed by atoms with E-state index >= 15 is 0 Å². The van der Waals surface area contributed by atoms with Gasteiger partial charge in [-0.2, -0.15) is 5.10 Å². The summed E-state index contributed by atoms with van der Waals surface area (Å²) in [6.45, 7) is 0. The van der Waals surface area contributed by atoms with Crippen molar-refractivity contribution in [3.63, 3.8) is 0 Å². The summed E-state index contributed by atoms with van der Waals surface area (Å²) < 4.78 is 3.10. The fraction of sp³-hybridized carbons (Fsp3) is 0. The second-order valence-electron chi connectivity index (χ2n) is 3.24. The highest BCUT2D eigenvalue weighted by Gasteiger charge is 2.02. The second-order valence-corrected chi connectivity index (χ2v) is 4.12. The number of aromatic nitrogens is 1. The van der Waals surface area contributed by atoms with Crippen LogP contribution in [-0.4, -0.2) is 10.8 Å². The van der Waals surface area contributed by atoms with Crippen molar-refractivity contribution >= 4 is 17.8 Å². The molecule has 0 radical (unpaired) electrons. The summed E-state index contributed by atoms with van der Waals surface area (Å²) in [6, 6.07) is 13.6. The van der Waals surface area contributed by atoms with Crippen molar-refractivity contribution in [2.75, 3.05) is 0 Å². The molecule has 17 heavy (non-hydrogen) atoms. The number of hydrogen-bond acceptors (Lipinski definition) is 4. The molecular formula is C12H12N4S. The van der Waals surface area contributed by atoms with Crippen molar-refractivity contribution in [3.8, 4) is 0 Å². The molecule has 0 unspecified atom stereocenters. The van der Waals surface area contributed by atoms with Gasteiger partial charge in [0.05, 0.1) is 0 Å². The summed E-state index contributed by atoms with van der Waals surface area (Å²) in [4.78, 5) is 5.03. The van der Waals surface area contributed by atoms with Gasteiger partial charge in [0.1, 0.15) is 0 Å². The van der Waals surface area contributed by atoms with Crippen LogP contribution in [0.5, 0.6) is 0 Å². The van der Waals surface area contributed by atoms with E-state index in [1.807, 2.05) is 42.5 Å². The van der Waals surface area contributed by atoms with Gasteiger partial charge in [-0.3, -0.25) is 4.98 Å². The number of nitrogens with zero attached hydrogens (tertiary/aromatic N) is 2. The van der Waals surface area contributed by atoms with Crippen molar-refractivity contribution in [3.05, 3.63) is 60.4 Å². The van der Waals surface area contributed by atoms with Crippen LogP contribution in [0.2, 0.25) is 0 Å². The molecule has 5 heteroatoms. The van der Waals surface area contributed by atoms with E-state index in [9.17, 15) is 0 Å². The predicted molar refractivity (Wildman–Crippen MR) is 70.4 cm³/mol. The molecule has 0 fully saturated rings. The normalized spacial score (nSPS) is 11.2. The fourth-order valence-electron chi connectivity index (χ4n) is 1.27. The Morgan fingerprint density at radius 3 is 2.65 bits per heavy atom. The molecule has 4 nitrogen and oxygen atoms in total. The van der Waals surface area contributed by atoms with Crippen molar-refractivity contribution in [2.45, 2.75) is 4.90 Å². The minimum Gasteiger partial charge on any atom is -0.321 e. The Bertz CT molecular complexity index is 484. The lowest BCUT2D eigenvalue weighted by Gasteiger charge is -2.07. The lowest BCUT2D eigenvalue weighted by molar-refractivity contribution is 1.20. The summed E-state index contributed by atoms with van der Waals surface area (Å²) in [5.74, 6) is 6.00. The molecule has 0 saturated carbocycles. The molecule has 0 aliphatic rings.